The molecule has 0 aliphatic carbocycles. The Hall–Kier alpha value is -2.35. The minimum absolute atomic E-state index is 0.228. The van der Waals surface area contributed by atoms with Gasteiger partial charge in [-0.05, 0) is 25.1 Å². The minimum Gasteiger partial charge on any atom is -0.496 e. The van der Waals surface area contributed by atoms with E-state index >= 15 is 0 Å². The molecular formula is C12H10FN3O. The maximum atomic E-state index is 13.2. The van der Waals surface area contributed by atoms with E-state index in [0.29, 0.717) is 22.8 Å². The van der Waals surface area contributed by atoms with Crippen LogP contribution in [0.2, 0.25) is 0 Å². The van der Waals surface area contributed by atoms with Crippen LogP contribution in [-0.4, -0.2) is 17.1 Å². The Balaban J connectivity index is 2.67. The van der Waals surface area contributed by atoms with Gasteiger partial charge in [0, 0.05) is 5.56 Å². The van der Waals surface area contributed by atoms with Gasteiger partial charge in [-0.2, -0.15) is 5.26 Å². The highest BCUT2D eigenvalue weighted by Gasteiger charge is 2.15. The van der Waals surface area contributed by atoms with E-state index < -0.39 is 5.82 Å². The third-order valence-corrected chi connectivity index (χ3v) is 2.36. The summed E-state index contributed by atoms with van der Waals surface area (Å²) in [7, 11) is 1.49. The molecule has 4 nitrogen and oxygen atoms in total. The zero-order chi connectivity index (χ0) is 12.4. The van der Waals surface area contributed by atoms with E-state index in [2.05, 4.69) is 9.97 Å². The van der Waals surface area contributed by atoms with Crippen LogP contribution < -0.4 is 4.74 Å². The Bertz CT molecular complexity index is 598. The molecule has 0 saturated carbocycles. The van der Waals surface area contributed by atoms with Gasteiger partial charge in [0.1, 0.15) is 23.5 Å². The number of H-pyrrole nitrogens is 1. The van der Waals surface area contributed by atoms with Crippen LogP contribution in [0.1, 0.15) is 11.5 Å². The highest BCUT2D eigenvalue weighted by Crippen LogP contribution is 2.31. The predicted octanol–water partition coefficient (Wildman–Crippen LogP) is 2.40. The van der Waals surface area contributed by atoms with Gasteiger partial charge in [-0.1, -0.05) is 0 Å². The van der Waals surface area contributed by atoms with Crippen LogP contribution in [0.15, 0.2) is 18.2 Å². The molecule has 0 unspecified atom stereocenters. The first-order valence-electron chi connectivity index (χ1n) is 4.96. The topological polar surface area (TPSA) is 61.7 Å². The number of nitriles is 1. The van der Waals surface area contributed by atoms with Crippen molar-refractivity contribution in [3.8, 4) is 23.1 Å². The fourth-order valence-electron chi connectivity index (χ4n) is 1.64. The van der Waals surface area contributed by atoms with Crippen LogP contribution in [0.4, 0.5) is 4.39 Å². The Kier molecular flexibility index (Phi) is 2.79. The number of aryl methyl sites for hydroxylation is 1. The monoisotopic (exact) mass is 231 g/mol. The van der Waals surface area contributed by atoms with Crippen molar-refractivity contribution in [1.82, 2.24) is 9.97 Å². The number of nitrogens with one attached hydrogen (secondary N) is 1. The number of halogens is 1. The smallest absolute Gasteiger partial charge is 0.166 e. The van der Waals surface area contributed by atoms with Crippen molar-refractivity contribution in [3.05, 3.63) is 35.5 Å². The fraction of sp³-hybridized carbons (Fsp3) is 0.167. The molecule has 0 aliphatic rings. The van der Waals surface area contributed by atoms with Crippen molar-refractivity contribution in [2.24, 2.45) is 0 Å². The van der Waals surface area contributed by atoms with Gasteiger partial charge in [-0.3, -0.25) is 0 Å². The molecule has 1 aromatic heterocycles. The number of benzene rings is 1. The first-order valence-corrected chi connectivity index (χ1v) is 4.96. The first-order chi connectivity index (χ1) is 8.15. The molecule has 0 atom stereocenters. The number of aromatic nitrogens is 2. The van der Waals surface area contributed by atoms with E-state index in [4.69, 9.17) is 10.00 Å². The standard InChI is InChI=1S/C12H10FN3O/c1-7-15-10(6-14)12(16-7)9-5-8(13)3-4-11(9)17-2/h3-5H,1-2H3,(H,15,16). The van der Waals surface area contributed by atoms with Crippen LogP contribution in [0, 0.1) is 24.1 Å². The molecule has 5 heteroatoms. The maximum absolute atomic E-state index is 13.2. The molecule has 1 aromatic carbocycles. The summed E-state index contributed by atoms with van der Waals surface area (Å²) in [6.07, 6.45) is 0. The number of ether oxygens (including phenoxy) is 1. The molecule has 0 fully saturated rings. The molecule has 1 N–H and O–H groups in total. The van der Waals surface area contributed by atoms with Gasteiger partial charge >= 0.3 is 0 Å². The van der Waals surface area contributed by atoms with Crippen LogP contribution >= 0.6 is 0 Å². The van der Waals surface area contributed by atoms with Gasteiger partial charge in [0.25, 0.3) is 0 Å². The summed E-state index contributed by atoms with van der Waals surface area (Å²) in [5.41, 5.74) is 1.19. The minimum atomic E-state index is -0.392. The van der Waals surface area contributed by atoms with E-state index in [0.717, 1.165) is 0 Å². The quantitative estimate of drug-likeness (QED) is 0.863. The lowest BCUT2D eigenvalue weighted by molar-refractivity contribution is 0.415. The third kappa shape index (κ3) is 1.97. The SMILES string of the molecule is COc1ccc(F)cc1-c1[nH]c(C)nc1C#N. The molecule has 17 heavy (non-hydrogen) atoms. The zero-order valence-corrected chi connectivity index (χ0v) is 9.41. The van der Waals surface area contributed by atoms with Crippen molar-refractivity contribution in [1.29, 1.82) is 5.26 Å². The molecule has 0 aliphatic heterocycles. The Morgan fingerprint density at radius 2 is 2.24 bits per heavy atom. The Labute approximate surface area is 97.7 Å². The molecule has 0 spiro atoms. The largest absolute Gasteiger partial charge is 0.496 e. The summed E-state index contributed by atoms with van der Waals surface area (Å²) in [6.45, 7) is 1.73. The number of nitrogens with zero attached hydrogens (tertiary/aromatic N) is 2. The van der Waals surface area contributed by atoms with Crippen LogP contribution in [0.3, 0.4) is 0 Å². The fourth-order valence-corrected chi connectivity index (χ4v) is 1.64. The third-order valence-electron chi connectivity index (χ3n) is 2.36. The molecule has 0 bridgehead atoms. The molecule has 0 saturated heterocycles. The number of hydrogen-bond acceptors (Lipinski definition) is 3. The average Bonchev–Trinajstić information content (AvgIpc) is 2.70. The maximum Gasteiger partial charge on any atom is 0.166 e. The highest BCUT2D eigenvalue weighted by atomic mass is 19.1. The van der Waals surface area contributed by atoms with Crippen LogP contribution in [-0.2, 0) is 0 Å². The molecule has 0 amide bonds. The zero-order valence-electron chi connectivity index (χ0n) is 9.41. The van der Waals surface area contributed by atoms with E-state index in [-0.39, 0.29) is 5.69 Å². The molecule has 1 heterocycles. The van der Waals surface area contributed by atoms with E-state index in [1.54, 1.807) is 6.92 Å². The Morgan fingerprint density at radius 1 is 1.47 bits per heavy atom. The second-order valence-corrected chi connectivity index (χ2v) is 3.50. The van der Waals surface area contributed by atoms with Crippen LogP contribution in [0.5, 0.6) is 5.75 Å². The van der Waals surface area contributed by atoms with E-state index in [1.807, 2.05) is 6.07 Å². The highest BCUT2D eigenvalue weighted by molar-refractivity contribution is 5.71. The first kappa shape index (κ1) is 11.1. The predicted molar refractivity (Wildman–Crippen MR) is 60.0 cm³/mol. The van der Waals surface area contributed by atoms with Gasteiger partial charge in [0.15, 0.2) is 5.69 Å². The molecule has 86 valence electrons. The molecule has 0 radical (unpaired) electrons. The van der Waals surface area contributed by atoms with Crippen LogP contribution in [0.25, 0.3) is 11.3 Å². The number of rotatable bonds is 2. The number of hydrogen-bond donors (Lipinski definition) is 1. The number of imidazole rings is 1. The lowest BCUT2D eigenvalue weighted by atomic mass is 10.1. The van der Waals surface area contributed by atoms with E-state index in [9.17, 15) is 4.39 Å². The molecule has 2 aromatic rings. The summed E-state index contributed by atoms with van der Waals surface area (Å²) in [6, 6.07) is 6.10. The summed E-state index contributed by atoms with van der Waals surface area (Å²) in [5.74, 6) is 0.700. The lowest BCUT2D eigenvalue weighted by Gasteiger charge is -2.06. The number of methoxy groups -OCH3 is 1. The van der Waals surface area contributed by atoms with Crippen molar-refractivity contribution in [2.75, 3.05) is 7.11 Å². The van der Waals surface area contributed by atoms with Gasteiger partial charge in [-0.15, -0.1) is 0 Å². The summed E-state index contributed by atoms with van der Waals surface area (Å²) < 4.78 is 18.4. The van der Waals surface area contributed by atoms with Gasteiger partial charge in [-0.25, -0.2) is 9.37 Å². The summed E-state index contributed by atoms with van der Waals surface area (Å²) in [5, 5.41) is 8.96. The molecule has 2 rings (SSSR count). The average molecular weight is 231 g/mol. The summed E-state index contributed by atoms with van der Waals surface area (Å²) in [4.78, 5) is 6.95. The van der Waals surface area contributed by atoms with Gasteiger partial charge in [0.2, 0.25) is 0 Å². The molecular weight excluding hydrogens is 221 g/mol. The lowest BCUT2D eigenvalue weighted by Crippen LogP contribution is -1.91. The van der Waals surface area contributed by atoms with Gasteiger partial charge in [0.05, 0.1) is 12.8 Å². The van der Waals surface area contributed by atoms with Gasteiger partial charge < -0.3 is 9.72 Å². The van der Waals surface area contributed by atoms with Crippen molar-refractivity contribution in [3.63, 3.8) is 0 Å². The normalized spacial score (nSPS) is 10.0. The second-order valence-electron chi connectivity index (χ2n) is 3.50. The number of aromatic amines is 1. The van der Waals surface area contributed by atoms with Crippen molar-refractivity contribution < 1.29 is 9.13 Å². The summed E-state index contributed by atoms with van der Waals surface area (Å²) >= 11 is 0. The Morgan fingerprint density at radius 3 is 2.88 bits per heavy atom. The second kappa shape index (κ2) is 4.26. The van der Waals surface area contributed by atoms with Crippen molar-refractivity contribution in [2.45, 2.75) is 6.92 Å². The van der Waals surface area contributed by atoms with E-state index in [1.165, 1.54) is 25.3 Å². The van der Waals surface area contributed by atoms with Crippen molar-refractivity contribution >= 4 is 0 Å².